The van der Waals surface area contributed by atoms with Crippen LogP contribution in [0.5, 0.6) is 0 Å². The minimum atomic E-state index is 0.616. The first-order valence-corrected chi connectivity index (χ1v) is 8.98. The summed E-state index contributed by atoms with van der Waals surface area (Å²) in [6.07, 6.45) is 5.41. The molecule has 0 fully saturated rings. The van der Waals surface area contributed by atoms with Gasteiger partial charge in [-0.3, -0.25) is 4.40 Å². The molecule has 2 aromatic heterocycles. The molecule has 4 rings (SSSR count). The fourth-order valence-electron chi connectivity index (χ4n) is 3.76. The molecule has 0 saturated carbocycles. The van der Waals surface area contributed by atoms with Gasteiger partial charge >= 0.3 is 0 Å². The molecule has 2 heteroatoms. The van der Waals surface area contributed by atoms with Gasteiger partial charge in [-0.05, 0) is 35.8 Å². The number of pyridine rings is 1. The number of fused-ring (bicyclic) bond motifs is 6. The number of hydrogen-bond donors (Lipinski definition) is 0. The Morgan fingerprint density at radius 1 is 1.00 bits per heavy atom. The predicted molar refractivity (Wildman–Crippen MR) is 103 cm³/mol. The van der Waals surface area contributed by atoms with Crippen LogP contribution in [0, 0.1) is 5.92 Å². The van der Waals surface area contributed by atoms with Gasteiger partial charge in [0.2, 0.25) is 0 Å². The number of hydrogen-bond acceptors (Lipinski definition) is 1. The van der Waals surface area contributed by atoms with E-state index in [9.17, 15) is 0 Å². The van der Waals surface area contributed by atoms with E-state index >= 15 is 0 Å². The first-order valence-electron chi connectivity index (χ1n) is 8.98. The standard InChI is InChI=1S/C22H24N2/c1-4-7-16-10-11-19-18-8-5-6-9-20(18)22-23-14-17(12-15(2)3)24(22)21(19)13-16/h5-6,8-11,13-15H,4,7,12H2,1-3H3. The first kappa shape index (κ1) is 15.2. The van der Waals surface area contributed by atoms with Crippen LogP contribution in [0.3, 0.4) is 0 Å². The Bertz CT molecular complexity index is 1020. The van der Waals surface area contributed by atoms with Gasteiger partial charge in [-0.25, -0.2) is 4.98 Å². The highest BCUT2D eigenvalue weighted by Gasteiger charge is 2.14. The molecule has 4 aromatic rings. The largest absolute Gasteiger partial charge is 0.296 e. The van der Waals surface area contributed by atoms with Gasteiger partial charge in [-0.2, -0.15) is 0 Å². The molecule has 0 atom stereocenters. The summed E-state index contributed by atoms with van der Waals surface area (Å²) in [7, 11) is 0. The molecule has 0 saturated heterocycles. The van der Waals surface area contributed by atoms with Gasteiger partial charge < -0.3 is 0 Å². The summed E-state index contributed by atoms with van der Waals surface area (Å²) in [4.78, 5) is 4.79. The highest BCUT2D eigenvalue weighted by atomic mass is 15.0. The van der Waals surface area contributed by atoms with Crippen molar-refractivity contribution < 1.29 is 0 Å². The summed E-state index contributed by atoms with van der Waals surface area (Å²) in [6, 6.07) is 15.6. The number of imidazole rings is 1. The van der Waals surface area contributed by atoms with E-state index in [4.69, 9.17) is 4.98 Å². The molecule has 0 unspecified atom stereocenters. The lowest BCUT2D eigenvalue weighted by molar-refractivity contribution is 0.634. The van der Waals surface area contributed by atoms with Gasteiger partial charge in [0.05, 0.1) is 5.52 Å². The molecular weight excluding hydrogens is 292 g/mol. The maximum absolute atomic E-state index is 4.79. The quantitative estimate of drug-likeness (QED) is 0.435. The Morgan fingerprint density at radius 3 is 2.54 bits per heavy atom. The second kappa shape index (κ2) is 5.94. The molecule has 0 amide bonds. The summed E-state index contributed by atoms with van der Waals surface area (Å²) >= 11 is 0. The van der Waals surface area contributed by atoms with Crippen LogP contribution in [0.2, 0.25) is 0 Å². The highest BCUT2D eigenvalue weighted by molar-refractivity contribution is 6.11. The van der Waals surface area contributed by atoms with E-state index in [1.54, 1.807) is 0 Å². The second-order valence-electron chi connectivity index (χ2n) is 7.15. The van der Waals surface area contributed by atoms with Crippen LogP contribution < -0.4 is 0 Å². The van der Waals surface area contributed by atoms with Crippen LogP contribution in [-0.4, -0.2) is 9.38 Å². The van der Waals surface area contributed by atoms with Gasteiger partial charge in [0, 0.05) is 22.7 Å². The van der Waals surface area contributed by atoms with Crippen molar-refractivity contribution in [2.24, 2.45) is 5.92 Å². The van der Waals surface area contributed by atoms with E-state index in [-0.39, 0.29) is 0 Å². The number of aromatic nitrogens is 2. The van der Waals surface area contributed by atoms with Crippen molar-refractivity contribution in [1.29, 1.82) is 0 Å². The zero-order valence-electron chi connectivity index (χ0n) is 14.7. The molecule has 122 valence electrons. The van der Waals surface area contributed by atoms with Crippen LogP contribution in [0.25, 0.3) is 27.3 Å². The van der Waals surface area contributed by atoms with E-state index in [1.165, 1.54) is 39.4 Å². The minimum Gasteiger partial charge on any atom is -0.296 e. The molecule has 0 radical (unpaired) electrons. The summed E-state index contributed by atoms with van der Waals surface area (Å²) in [5.74, 6) is 0.616. The fraction of sp³-hybridized carbons (Fsp3) is 0.318. The molecule has 24 heavy (non-hydrogen) atoms. The van der Waals surface area contributed by atoms with Gasteiger partial charge in [0.1, 0.15) is 5.65 Å². The number of nitrogens with zero attached hydrogens (tertiary/aromatic N) is 2. The average molecular weight is 316 g/mol. The third kappa shape index (κ3) is 2.37. The zero-order valence-corrected chi connectivity index (χ0v) is 14.7. The normalized spacial score (nSPS) is 12.0. The van der Waals surface area contributed by atoms with Crippen LogP contribution >= 0.6 is 0 Å². The smallest absolute Gasteiger partial charge is 0.145 e. The first-order chi connectivity index (χ1) is 11.7. The SMILES string of the molecule is CCCc1ccc2c3ccccc3c3ncc(CC(C)C)n3c2c1. The molecule has 0 aliphatic rings. The number of benzene rings is 2. The predicted octanol–water partition coefficient (Wildman–Crippen LogP) is 5.79. The molecule has 2 heterocycles. The number of rotatable bonds is 4. The van der Waals surface area contributed by atoms with Crippen LogP contribution in [0.15, 0.2) is 48.7 Å². The maximum Gasteiger partial charge on any atom is 0.145 e. The van der Waals surface area contributed by atoms with E-state index in [0.29, 0.717) is 5.92 Å². The van der Waals surface area contributed by atoms with Crippen molar-refractivity contribution in [3.63, 3.8) is 0 Å². The number of aryl methyl sites for hydroxylation is 1. The lowest BCUT2D eigenvalue weighted by Gasteiger charge is -2.13. The molecule has 0 spiro atoms. The van der Waals surface area contributed by atoms with Crippen molar-refractivity contribution in [3.8, 4) is 0 Å². The van der Waals surface area contributed by atoms with Crippen LogP contribution in [0.1, 0.15) is 38.4 Å². The van der Waals surface area contributed by atoms with Crippen molar-refractivity contribution in [2.45, 2.75) is 40.0 Å². The molecule has 0 bridgehead atoms. The van der Waals surface area contributed by atoms with Crippen molar-refractivity contribution in [2.75, 3.05) is 0 Å². The van der Waals surface area contributed by atoms with E-state index in [2.05, 4.69) is 73.8 Å². The average Bonchev–Trinajstić information content (AvgIpc) is 2.99. The Balaban J connectivity index is 2.15. The minimum absolute atomic E-state index is 0.616. The summed E-state index contributed by atoms with van der Waals surface area (Å²) < 4.78 is 2.39. The van der Waals surface area contributed by atoms with Gasteiger partial charge in [-0.1, -0.05) is 63.6 Å². The summed E-state index contributed by atoms with van der Waals surface area (Å²) in [5, 5.41) is 3.86. The molecule has 0 aliphatic heterocycles. The molecule has 0 N–H and O–H groups in total. The van der Waals surface area contributed by atoms with Crippen LogP contribution in [0.4, 0.5) is 0 Å². The van der Waals surface area contributed by atoms with E-state index in [1.807, 2.05) is 0 Å². The van der Waals surface area contributed by atoms with Crippen LogP contribution in [-0.2, 0) is 12.8 Å². The van der Waals surface area contributed by atoms with Gasteiger partial charge in [0.15, 0.2) is 0 Å². The van der Waals surface area contributed by atoms with Crippen molar-refractivity contribution in [1.82, 2.24) is 9.38 Å². The fourth-order valence-corrected chi connectivity index (χ4v) is 3.76. The zero-order chi connectivity index (χ0) is 16.7. The molecule has 2 aromatic carbocycles. The maximum atomic E-state index is 4.79. The Kier molecular flexibility index (Phi) is 3.76. The Morgan fingerprint density at radius 2 is 1.79 bits per heavy atom. The summed E-state index contributed by atoms with van der Waals surface area (Å²) in [5.41, 5.74) is 5.10. The molecule has 0 aliphatic carbocycles. The summed E-state index contributed by atoms with van der Waals surface area (Å²) in [6.45, 7) is 6.78. The third-order valence-electron chi connectivity index (χ3n) is 4.75. The van der Waals surface area contributed by atoms with Crippen molar-refractivity contribution in [3.05, 3.63) is 59.9 Å². The highest BCUT2D eigenvalue weighted by Crippen LogP contribution is 2.31. The van der Waals surface area contributed by atoms with E-state index < -0.39 is 0 Å². The van der Waals surface area contributed by atoms with Crippen molar-refractivity contribution >= 4 is 27.3 Å². The van der Waals surface area contributed by atoms with Gasteiger partial charge in [0.25, 0.3) is 0 Å². The third-order valence-corrected chi connectivity index (χ3v) is 4.75. The van der Waals surface area contributed by atoms with Gasteiger partial charge in [-0.15, -0.1) is 0 Å². The monoisotopic (exact) mass is 316 g/mol. The second-order valence-corrected chi connectivity index (χ2v) is 7.15. The Labute approximate surface area is 143 Å². The lowest BCUT2D eigenvalue weighted by Crippen LogP contribution is -2.01. The topological polar surface area (TPSA) is 17.3 Å². The molecule has 2 nitrogen and oxygen atoms in total. The van der Waals surface area contributed by atoms with E-state index in [0.717, 1.165) is 18.5 Å². The lowest BCUT2D eigenvalue weighted by atomic mass is 10.0. The molecular formula is C22H24N2. The Hall–Kier alpha value is -2.35.